The van der Waals surface area contributed by atoms with Crippen molar-refractivity contribution in [3.05, 3.63) is 83.9 Å². The van der Waals surface area contributed by atoms with Crippen LogP contribution in [0.4, 0.5) is 4.79 Å². The predicted molar refractivity (Wildman–Crippen MR) is 137 cm³/mol. The Labute approximate surface area is 206 Å². The van der Waals surface area contributed by atoms with E-state index in [-0.39, 0.29) is 10.7 Å². The van der Waals surface area contributed by atoms with Crippen LogP contribution in [0.1, 0.15) is 37.3 Å². The third kappa shape index (κ3) is 7.14. The molecule has 184 valence electrons. The number of nitrogens with two attached hydrogens (primary N) is 2. The lowest BCUT2D eigenvalue weighted by molar-refractivity contribution is 0.148. The van der Waals surface area contributed by atoms with Crippen molar-refractivity contribution in [2.75, 3.05) is 6.54 Å². The average Bonchev–Trinajstić information content (AvgIpc) is 2.83. The molecule has 1 amide bonds. The van der Waals surface area contributed by atoms with Gasteiger partial charge >= 0.3 is 6.09 Å². The molecule has 0 unspecified atom stereocenters. The fourth-order valence-corrected chi connectivity index (χ4v) is 4.43. The number of amidine groups is 1. The van der Waals surface area contributed by atoms with Crippen molar-refractivity contribution in [1.29, 1.82) is 5.41 Å². The van der Waals surface area contributed by atoms with E-state index < -0.39 is 16.1 Å². The van der Waals surface area contributed by atoms with E-state index in [4.69, 9.17) is 21.0 Å². The van der Waals surface area contributed by atoms with E-state index in [0.29, 0.717) is 35.5 Å². The average molecular weight is 495 g/mol. The van der Waals surface area contributed by atoms with Gasteiger partial charge in [0.25, 0.3) is 0 Å². The molecule has 0 bridgehead atoms. The molecule has 3 rings (SSSR count). The van der Waals surface area contributed by atoms with E-state index in [2.05, 4.69) is 6.92 Å². The molecule has 5 N–H and O–H groups in total. The zero-order valence-corrected chi connectivity index (χ0v) is 20.4. The van der Waals surface area contributed by atoms with Crippen LogP contribution in [0, 0.1) is 5.41 Å². The summed E-state index contributed by atoms with van der Waals surface area (Å²) in [6.45, 7) is 2.94. The number of primary sulfonamides is 1. The summed E-state index contributed by atoms with van der Waals surface area (Å²) in [5.74, 6) is 0.306. The molecule has 0 spiro atoms. The minimum absolute atomic E-state index is 0.0274. The van der Waals surface area contributed by atoms with Crippen molar-refractivity contribution in [3.63, 3.8) is 0 Å². The number of amides is 1. The first-order valence-corrected chi connectivity index (χ1v) is 12.9. The van der Waals surface area contributed by atoms with Crippen molar-refractivity contribution in [1.82, 2.24) is 4.90 Å². The smallest absolute Gasteiger partial charge is 0.410 e. The molecule has 0 aliphatic heterocycles. The Balaban J connectivity index is 1.77. The highest BCUT2D eigenvalue weighted by Gasteiger charge is 2.18. The third-order valence-corrected chi connectivity index (χ3v) is 6.43. The molecule has 0 heterocycles. The lowest BCUT2D eigenvalue weighted by Crippen LogP contribution is -2.34. The Morgan fingerprint density at radius 1 is 1.00 bits per heavy atom. The Kier molecular flexibility index (Phi) is 8.62. The van der Waals surface area contributed by atoms with E-state index in [9.17, 15) is 13.2 Å². The quantitative estimate of drug-likeness (QED) is 0.217. The number of benzene rings is 3. The van der Waals surface area contributed by atoms with Crippen LogP contribution >= 0.6 is 0 Å². The molecule has 0 saturated heterocycles. The van der Waals surface area contributed by atoms with E-state index >= 15 is 0 Å². The van der Waals surface area contributed by atoms with Gasteiger partial charge in [0.15, 0.2) is 0 Å². The molecular formula is C26H30N4O4S. The molecule has 0 radical (unpaired) electrons. The second kappa shape index (κ2) is 11.6. The Hall–Kier alpha value is -3.69. The lowest BCUT2D eigenvalue weighted by atomic mass is 10.1. The van der Waals surface area contributed by atoms with Crippen LogP contribution < -0.4 is 15.6 Å². The van der Waals surface area contributed by atoms with Gasteiger partial charge in [-0.05, 0) is 41.8 Å². The highest BCUT2D eigenvalue weighted by Crippen LogP contribution is 2.28. The Morgan fingerprint density at radius 2 is 1.71 bits per heavy atom. The van der Waals surface area contributed by atoms with Gasteiger partial charge in [-0.15, -0.1) is 0 Å². The summed E-state index contributed by atoms with van der Waals surface area (Å²) in [5.41, 5.74) is 8.15. The van der Waals surface area contributed by atoms with Crippen molar-refractivity contribution in [2.24, 2.45) is 10.9 Å². The number of ether oxygens (including phenoxy) is 1. The number of nitrogen functional groups attached to an aromatic ring is 1. The van der Waals surface area contributed by atoms with Crippen molar-refractivity contribution in [3.8, 4) is 16.9 Å². The number of hydrogen-bond acceptors (Lipinski definition) is 5. The summed E-state index contributed by atoms with van der Waals surface area (Å²) >= 11 is 0. The molecule has 9 heteroatoms. The molecule has 0 aliphatic carbocycles. The molecule has 3 aromatic carbocycles. The number of unbranched alkanes of at least 4 members (excludes halogenated alkanes) is 2. The highest BCUT2D eigenvalue weighted by molar-refractivity contribution is 7.89. The number of hydrogen-bond donors (Lipinski definition) is 3. The van der Waals surface area contributed by atoms with E-state index in [1.54, 1.807) is 65.6 Å². The maximum Gasteiger partial charge on any atom is 0.415 e. The first-order valence-electron chi connectivity index (χ1n) is 11.3. The molecule has 0 aliphatic rings. The maximum atomic E-state index is 13.0. The van der Waals surface area contributed by atoms with Crippen LogP contribution in [0.2, 0.25) is 0 Å². The molecular weight excluding hydrogens is 464 g/mol. The first-order chi connectivity index (χ1) is 16.7. The fourth-order valence-electron chi connectivity index (χ4n) is 3.67. The standard InChI is InChI=1S/C26H30N4O4S/c1-2-3-6-16-30(18-19-8-7-9-21(17-19)25(27)28)26(31)34-22-14-12-20(13-15-22)23-10-4-5-11-24(23)35(29,32)33/h4-5,7-15,17H,2-3,6,16,18H2,1H3,(H3,27,28)(H2,29,32,33). The van der Waals surface area contributed by atoms with Crippen LogP contribution in [-0.4, -0.2) is 31.8 Å². The third-order valence-electron chi connectivity index (χ3n) is 5.47. The van der Waals surface area contributed by atoms with E-state index in [0.717, 1.165) is 24.8 Å². The molecule has 0 aromatic heterocycles. The summed E-state index contributed by atoms with van der Waals surface area (Å²) in [7, 11) is -3.88. The van der Waals surface area contributed by atoms with Crippen LogP contribution in [0.25, 0.3) is 11.1 Å². The largest absolute Gasteiger partial charge is 0.415 e. The van der Waals surface area contributed by atoms with E-state index in [1.165, 1.54) is 6.07 Å². The van der Waals surface area contributed by atoms with Crippen molar-refractivity contribution >= 4 is 22.0 Å². The number of sulfonamides is 1. The lowest BCUT2D eigenvalue weighted by Gasteiger charge is -2.22. The first kappa shape index (κ1) is 25.9. The molecule has 0 fully saturated rings. The molecule has 8 nitrogen and oxygen atoms in total. The SMILES string of the molecule is CCCCCN(Cc1cccc(C(=N)N)c1)C(=O)Oc1ccc(-c2ccccc2S(N)(=O)=O)cc1. The Morgan fingerprint density at radius 3 is 2.37 bits per heavy atom. The second-order valence-electron chi connectivity index (χ2n) is 8.18. The van der Waals surface area contributed by atoms with Gasteiger partial charge < -0.3 is 15.4 Å². The van der Waals surface area contributed by atoms with Crippen LogP contribution in [0.15, 0.2) is 77.7 Å². The van der Waals surface area contributed by atoms with Gasteiger partial charge in [0.05, 0.1) is 4.90 Å². The summed E-state index contributed by atoms with van der Waals surface area (Å²) in [4.78, 5) is 14.7. The van der Waals surface area contributed by atoms with Gasteiger partial charge in [0.1, 0.15) is 11.6 Å². The van der Waals surface area contributed by atoms with Gasteiger partial charge in [-0.2, -0.15) is 0 Å². The van der Waals surface area contributed by atoms with Gasteiger partial charge in [0, 0.05) is 24.2 Å². The number of nitrogens with zero attached hydrogens (tertiary/aromatic N) is 1. The highest BCUT2D eigenvalue weighted by atomic mass is 32.2. The van der Waals surface area contributed by atoms with Crippen LogP contribution in [0.3, 0.4) is 0 Å². The summed E-state index contributed by atoms with van der Waals surface area (Å²) in [5, 5.41) is 13.0. The zero-order chi connectivity index (χ0) is 25.4. The number of nitrogens with one attached hydrogen (secondary N) is 1. The number of carbonyl (C=O) groups excluding carboxylic acids is 1. The summed E-state index contributed by atoms with van der Waals surface area (Å²) in [6, 6.07) is 20.3. The molecule has 0 saturated carbocycles. The summed E-state index contributed by atoms with van der Waals surface area (Å²) in [6.07, 6.45) is 2.34. The summed E-state index contributed by atoms with van der Waals surface area (Å²) < 4.78 is 29.5. The maximum absolute atomic E-state index is 13.0. The molecule has 35 heavy (non-hydrogen) atoms. The monoisotopic (exact) mass is 494 g/mol. The second-order valence-corrected chi connectivity index (χ2v) is 9.71. The fraction of sp³-hybridized carbons (Fsp3) is 0.231. The van der Waals surface area contributed by atoms with Gasteiger partial charge in [-0.25, -0.2) is 18.4 Å². The van der Waals surface area contributed by atoms with Gasteiger partial charge in [-0.1, -0.05) is 68.3 Å². The van der Waals surface area contributed by atoms with Crippen molar-refractivity contribution in [2.45, 2.75) is 37.6 Å². The van der Waals surface area contributed by atoms with Gasteiger partial charge in [-0.3, -0.25) is 5.41 Å². The molecule has 3 aromatic rings. The van der Waals surface area contributed by atoms with Crippen LogP contribution in [-0.2, 0) is 16.6 Å². The zero-order valence-electron chi connectivity index (χ0n) is 19.6. The minimum atomic E-state index is -3.88. The molecule has 0 atom stereocenters. The van der Waals surface area contributed by atoms with E-state index in [1.807, 2.05) is 6.07 Å². The van der Waals surface area contributed by atoms with Crippen LogP contribution in [0.5, 0.6) is 5.75 Å². The topological polar surface area (TPSA) is 140 Å². The minimum Gasteiger partial charge on any atom is -0.410 e. The van der Waals surface area contributed by atoms with Gasteiger partial charge in [0.2, 0.25) is 10.0 Å². The normalized spacial score (nSPS) is 11.1. The predicted octanol–water partition coefficient (Wildman–Crippen LogP) is 4.48. The number of carbonyl (C=O) groups is 1. The Bertz CT molecular complexity index is 1290. The number of rotatable bonds is 10. The van der Waals surface area contributed by atoms with Crippen molar-refractivity contribution < 1.29 is 17.9 Å².